The number of anilines is 4. The van der Waals surface area contributed by atoms with Crippen molar-refractivity contribution < 1.29 is 18.7 Å². The third-order valence-electron chi connectivity index (χ3n) is 2.65. The molecule has 0 radical (unpaired) electrons. The maximum atomic E-state index is 11.0. The van der Waals surface area contributed by atoms with Crippen LogP contribution in [-0.2, 0) is 11.3 Å². The van der Waals surface area contributed by atoms with Gasteiger partial charge in [0.2, 0.25) is 0 Å². The highest BCUT2D eigenvalue weighted by molar-refractivity contribution is 7.80. The fourth-order valence-electron chi connectivity index (χ4n) is 1.76. The molecule has 7 nitrogen and oxygen atoms in total. The predicted molar refractivity (Wildman–Crippen MR) is 80.1 cm³/mol. The molecule has 2 aromatic carbocycles. The molecule has 0 bridgehead atoms. The van der Waals surface area contributed by atoms with Crippen LogP contribution in [0.25, 0.3) is 0 Å². The predicted octanol–water partition coefficient (Wildman–Crippen LogP) is 1.92. The lowest BCUT2D eigenvalue weighted by Crippen LogP contribution is -2.09. The minimum Gasteiger partial charge on any atom is -0.755 e. The van der Waals surface area contributed by atoms with Crippen LogP contribution in [0.1, 0.15) is 10.4 Å². The third-order valence-corrected chi connectivity index (χ3v) is 3.04. The Labute approximate surface area is 123 Å². The fourth-order valence-corrected chi connectivity index (χ4v) is 2.10. The molecular formula is C13H12N3O4S-. The minimum atomic E-state index is -2.60. The summed E-state index contributed by atoms with van der Waals surface area (Å²) in [6, 6.07) is 11.4. The Bertz CT molecular complexity index is 691. The molecule has 0 aliphatic rings. The molecule has 0 aliphatic carbocycles. The normalized spacial score (nSPS) is 11.7. The minimum absolute atomic E-state index is 0.0598. The number of aromatic carboxylic acids is 1. The van der Waals surface area contributed by atoms with E-state index in [0.717, 1.165) is 0 Å². The Morgan fingerprint density at radius 2 is 1.90 bits per heavy atom. The molecule has 0 aliphatic heterocycles. The van der Waals surface area contributed by atoms with Gasteiger partial charge in [-0.1, -0.05) is 18.2 Å². The van der Waals surface area contributed by atoms with E-state index in [9.17, 15) is 13.6 Å². The first-order valence-electron chi connectivity index (χ1n) is 5.82. The molecule has 0 spiro atoms. The van der Waals surface area contributed by atoms with Crippen molar-refractivity contribution >= 4 is 40.0 Å². The van der Waals surface area contributed by atoms with Crippen molar-refractivity contribution in [3.05, 3.63) is 48.0 Å². The summed E-state index contributed by atoms with van der Waals surface area (Å²) < 4.78 is 23.8. The van der Waals surface area contributed by atoms with E-state index in [0.29, 0.717) is 5.69 Å². The SMILES string of the molecule is Nc1cc(C(=O)O)cc(NS(=O)[O-])c1Nc1ccccc1. The van der Waals surface area contributed by atoms with Crippen LogP contribution in [0.4, 0.5) is 22.7 Å². The molecule has 1 atom stereocenters. The molecule has 110 valence electrons. The van der Waals surface area contributed by atoms with Crippen LogP contribution >= 0.6 is 0 Å². The second-order valence-corrected chi connectivity index (χ2v) is 4.79. The van der Waals surface area contributed by atoms with Gasteiger partial charge in [-0.25, -0.2) is 4.79 Å². The maximum Gasteiger partial charge on any atom is 0.335 e. The van der Waals surface area contributed by atoms with Crippen LogP contribution in [-0.4, -0.2) is 19.8 Å². The maximum absolute atomic E-state index is 11.0. The van der Waals surface area contributed by atoms with Gasteiger partial charge in [0.1, 0.15) is 0 Å². The second-order valence-electron chi connectivity index (χ2n) is 4.12. The highest BCUT2D eigenvalue weighted by Gasteiger charge is 2.13. The average Bonchev–Trinajstić information content (AvgIpc) is 2.42. The van der Waals surface area contributed by atoms with E-state index in [4.69, 9.17) is 10.8 Å². The summed E-state index contributed by atoms with van der Waals surface area (Å²) in [7, 11) is 0. The van der Waals surface area contributed by atoms with Crippen molar-refractivity contribution in [2.45, 2.75) is 0 Å². The molecule has 1 unspecified atom stereocenters. The quantitative estimate of drug-likeness (QED) is 0.493. The fraction of sp³-hybridized carbons (Fsp3) is 0. The third kappa shape index (κ3) is 3.71. The molecular weight excluding hydrogens is 294 g/mol. The van der Waals surface area contributed by atoms with Crippen molar-refractivity contribution in [2.75, 3.05) is 15.8 Å². The van der Waals surface area contributed by atoms with Crippen molar-refractivity contribution in [3.8, 4) is 0 Å². The van der Waals surface area contributed by atoms with Crippen LogP contribution in [0.15, 0.2) is 42.5 Å². The zero-order valence-corrected chi connectivity index (χ0v) is 11.5. The first kappa shape index (κ1) is 14.8. The van der Waals surface area contributed by atoms with Gasteiger partial charge >= 0.3 is 5.97 Å². The van der Waals surface area contributed by atoms with E-state index < -0.39 is 17.2 Å². The summed E-state index contributed by atoms with van der Waals surface area (Å²) in [5.41, 5.74) is 6.86. The number of hydrogen-bond acceptors (Lipinski definition) is 5. The number of rotatable bonds is 5. The number of para-hydroxylation sites is 1. The van der Waals surface area contributed by atoms with Crippen molar-refractivity contribution in [1.29, 1.82) is 0 Å². The van der Waals surface area contributed by atoms with E-state index in [2.05, 4.69) is 10.0 Å². The lowest BCUT2D eigenvalue weighted by atomic mass is 10.1. The Kier molecular flexibility index (Phi) is 4.41. The first-order chi connectivity index (χ1) is 9.97. The van der Waals surface area contributed by atoms with E-state index in [1.807, 2.05) is 6.07 Å². The van der Waals surface area contributed by atoms with Crippen molar-refractivity contribution in [1.82, 2.24) is 0 Å². The van der Waals surface area contributed by atoms with Crippen molar-refractivity contribution in [3.63, 3.8) is 0 Å². The number of benzene rings is 2. The van der Waals surface area contributed by atoms with Crippen LogP contribution < -0.4 is 15.8 Å². The molecule has 8 heteroatoms. The number of hydrogen-bond donors (Lipinski definition) is 4. The number of carboxylic acid groups (broad SMARTS) is 1. The Morgan fingerprint density at radius 3 is 2.48 bits per heavy atom. The number of carboxylic acids is 1. The van der Waals surface area contributed by atoms with Gasteiger partial charge in [0.15, 0.2) is 0 Å². The van der Waals surface area contributed by atoms with Gasteiger partial charge in [0.05, 0.1) is 22.6 Å². The summed E-state index contributed by atoms with van der Waals surface area (Å²) in [6.45, 7) is 0. The Hall–Kier alpha value is -2.58. The lowest BCUT2D eigenvalue weighted by molar-refractivity contribution is 0.0697. The summed E-state index contributed by atoms with van der Waals surface area (Å²) in [4.78, 5) is 11.0. The largest absolute Gasteiger partial charge is 0.755 e. The monoisotopic (exact) mass is 306 g/mol. The summed E-state index contributed by atoms with van der Waals surface area (Å²) in [5, 5.41) is 11.9. The molecule has 2 aromatic rings. The molecule has 2 rings (SSSR count). The van der Waals surface area contributed by atoms with Gasteiger partial charge in [-0.3, -0.25) is 4.21 Å². The first-order valence-corrected chi connectivity index (χ1v) is 6.89. The Balaban J connectivity index is 2.47. The molecule has 0 amide bonds. The van der Waals surface area contributed by atoms with Crippen LogP contribution in [0.2, 0.25) is 0 Å². The summed E-state index contributed by atoms with van der Waals surface area (Å²) >= 11 is -2.60. The highest BCUT2D eigenvalue weighted by atomic mass is 32.2. The standard InChI is InChI=1S/C13H13N3O4S/c14-10-6-8(13(17)18)7-11(16-21(19)20)12(10)15-9-4-2-1-3-5-9/h1-7,15-16H,14H2,(H,17,18)(H,19,20)/p-1. The van der Waals surface area contributed by atoms with Crippen LogP contribution in [0.5, 0.6) is 0 Å². The average molecular weight is 306 g/mol. The zero-order chi connectivity index (χ0) is 15.4. The van der Waals surface area contributed by atoms with E-state index in [1.165, 1.54) is 12.1 Å². The molecule has 5 N–H and O–H groups in total. The topological polar surface area (TPSA) is 128 Å². The van der Waals surface area contributed by atoms with Gasteiger partial charge in [0.25, 0.3) is 0 Å². The number of carbonyl (C=O) groups is 1. The van der Waals surface area contributed by atoms with Crippen LogP contribution in [0.3, 0.4) is 0 Å². The van der Waals surface area contributed by atoms with Gasteiger partial charge in [-0.15, -0.1) is 0 Å². The number of nitrogen functional groups attached to an aromatic ring is 1. The van der Waals surface area contributed by atoms with Crippen molar-refractivity contribution in [2.24, 2.45) is 0 Å². The number of nitrogens with one attached hydrogen (secondary N) is 2. The summed E-state index contributed by atoms with van der Waals surface area (Å²) in [6.07, 6.45) is 0. The molecule has 0 heterocycles. The van der Waals surface area contributed by atoms with Gasteiger partial charge in [0, 0.05) is 17.0 Å². The van der Waals surface area contributed by atoms with E-state index in [-0.39, 0.29) is 22.6 Å². The van der Waals surface area contributed by atoms with Crippen LogP contribution in [0, 0.1) is 0 Å². The molecule has 21 heavy (non-hydrogen) atoms. The second kappa shape index (κ2) is 6.25. The van der Waals surface area contributed by atoms with E-state index >= 15 is 0 Å². The highest BCUT2D eigenvalue weighted by Crippen LogP contribution is 2.33. The molecule has 0 aromatic heterocycles. The molecule has 0 saturated carbocycles. The van der Waals surface area contributed by atoms with Gasteiger partial charge < -0.3 is 25.4 Å². The molecule has 0 saturated heterocycles. The number of nitrogens with two attached hydrogens (primary N) is 1. The molecule has 0 fully saturated rings. The van der Waals surface area contributed by atoms with E-state index in [1.54, 1.807) is 24.3 Å². The van der Waals surface area contributed by atoms with Gasteiger partial charge in [-0.2, -0.15) is 0 Å². The Morgan fingerprint density at radius 1 is 1.24 bits per heavy atom. The lowest BCUT2D eigenvalue weighted by Gasteiger charge is -2.18. The van der Waals surface area contributed by atoms with Gasteiger partial charge in [-0.05, 0) is 24.3 Å². The zero-order valence-electron chi connectivity index (χ0n) is 10.7. The smallest absolute Gasteiger partial charge is 0.335 e. The summed E-state index contributed by atoms with van der Waals surface area (Å²) in [5.74, 6) is -1.20.